The Bertz CT molecular complexity index is 271. The summed E-state index contributed by atoms with van der Waals surface area (Å²) in [6, 6.07) is 10.4. The minimum Gasteiger partial charge on any atom is -0.306 e. The Balaban J connectivity index is 2.41. The second kappa shape index (κ2) is 5.40. The monoisotopic (exact) mass is 173 g/mol. The van der Waals surface area contributed by atoms with Gasteiger partial charge in [0.1, 0.15) is 0 Å². The molecule has 0 aliphatic carbocycles. The summed E-state index contributed by atoms with van der Waals surface area (Å²) in [6.07, 6.45) is 5.14. The Morgan fingerprint density at radius 3 is 2.69 bits per heavy atom. The van der Waals surface area contributed by atoms with E-state index in [1.54, 1.807) is 0 Å². The standard InChI is InChI=1S/C12H15N/c1-3-9-13-10-11(2)12-7-5-4-6-8-12/h1,4-8,11,13H,9-10H2,2H3. The molecule has 0 fully saturated rings. The lowest BCUT2D eigenvalue weighted by atomic mass is 10.0. The van der Waals surface area contributed by atoms with Crippen molar-refractivity contribution in [2.75, 3.05) is 13.1 Å². The number of terminal acetylenes is 1. The SMILES string of the molecule is C#CCNCC(C)c1ccccc1. The maximum atomic E-state index is 5.14. The van der Waals surface area contributed by atoms with Gasteiger partial charge in [0.05, 0.1) is 6.54 Å². The maximum Gasteiger partial charge on any atom is 0.0574 e. The summed E-state index contributed by atoms with van der Waals surface area (Å²) >= 11 is 0. The summed E-state index contributed by atoms with van der Waals surface area (Å²) < 4.78 is 0. The van der Waals surface area contributed by atoms with Crippen LogP contribution in [0.5, 0.6) is 0 Å². The van der Waals surface area contributed by atoms with E-state index in [2.05, 4.69) is 42.4 Å². The van der Waals surface area contributed by atoms with Gasteiger partial charge in [0.15, 0.2) is 0 Å². The van der Waals surface area contributed by atoms with Crippen LogP contribution < -0.4 is 5.32 Å². The number of benzene rings is 1. The van der Waals surface area contributed by atoms with Gasteiger partial charge in [0, 0.05) is 6.54 Å². The molecule has 1 rings (SSSR count). The second-order valence-electron chi connectivity index (χ2n) is 3.15. The minimum absolute atomic E-state index is 0.523. The largest absolute Gasteiger partial charge is 0.306 e. The number of rotatable bonds is 4. The van der Waals surface area contributed by atoms with Gasteiger partial charge in [0.2, 0.25) is 0 Å². The molecule has 68 valence electrons. The van der Waals surface area contributed by atoms with Crippen molar-refractivity contribution < 1.29 is 0 Å². The van der Waals surface area contributed by atoms with Gasteiger partial charge in [0.25, 0.3) is 0 Å². The molecule has 1 unspecified atom stereocenters. The third-order valence-corrected chi connectivity index (χ3v) is 2.05. The molecular formula is C12H15N. The van der Waals surface area contributed by atoms with E-state index in [0.717, 1.165) is 6.54 Å². The van der Waals surface area contributed by atoms with E-state index in [4.69, 9.17) is 6.42 Å². The van der Waals surface area contributed by atoms with E-state index in [9.17, 15) is 0 Å². The molecule has 0 bridgehead atoms. The van der Waals surface area contributed by atoms with Crippen LogP contribution in [0.1, 0.15) is 18.4 Å². The molecule has 1 atom stereocenters. The van der Waals surface area contributed by atoms with Crippen LogP contribution in [0.3, 0.4) is 0 Å². The first-order valence-electron chi connectivity index (χ1n) is 4.53. The molecule has 1 aromatic carbocycles. The van der Waals surface area contributed by atoms with E-state index in [-0.39, 0.29) is 0 Å². The first kappa shape index (κ1) is 9.83. The van der Waals surface area contributed by atoms with Gasteiger partial charge in [-0.15, -0.1) is 6.42 Å². The highest BCUT2D eigenvalue weighted by molar-refractivity contribution is 5.18. The van der Waals surface area contributed by atoms with Crippen molar-refractivity contribution in [3.8, 4) is 12.3 Å². The number of nitrogens with one attached hydrogen (secondary N) is 1. The predicted octanol–water partition coefficient (Wildman–Crippen LogP) is 2.01. The van der Waals surface area contributed by atoms with Crippen molar-refractivity contribution >= 4 is 0 Å². The minimum atomic E-state index is 0.523. The summed E-state index contributed by atoms with van der Waals surface area (Å²) in [5.41, 5.74) is 1.35. The van der Waals surface area contributed by atoms with Gasteiger partial charge >= 0.3 is 0 Å². The van der Waals surface area contributed by atoms with Gasteiger partial charge in [-0.25, -0.2) is 0 Å². The zero-order valence-electron chi connectivity index (χ0n) is 7.96. The molecule has 0 amide bonds. The van der Waals surface area contributed by atoms with Crippen molar-refractivity contribution in [1.82, 2.24) is 5.32 Å². The molecule has 0 aromatic heterocycles. The molecule has 0 aliphatic heterocycles. The summed E-state index contributed by atoms with van der Waals surface area (Å²) in [5, 5.41) is 3.20. The van der Waals surface area contributed by atoms with E-state index < -0.39 is 0 Å². The predicted molar refractivity (Wildman–Crippen MR) is 56.6 cm³/mol. The topological polar surface area (TPSA) is 12.0 Å². The second-order valence-corrected chi connectivity index (χ2v) is 3.15. The molecule has 13 heavy (non-hydrogen) atoms. The quantitative estimate of drug-likeness (QED) is 0.542. The van der Waals surface area contributed by atoms with Crippen LogP contribution in [-0.4, -0.2) is 13.1 Å². The highest BCUT2D eigenvalue weighted by atomic mass is 14.8. The van der Waals surface area contributed by atoms with Crippen molar-refractivity contribution in [3.63, 3.8) is 0 Å². The van der Waals surface area contributed by atoms with Crippen molar-refractivity contribution in [1.29, 1.82) is 0 Å². The molecule has 1 N–H and O–H groups in total. The lowest BCUT2D eigenvalue weighted by molar-refractivity contribution is 0.656. The van der Waals surface area contributed by atoms with Crippen molar-refractivity contribution in [2.24, 2.45) is 0 Å². The van der Waals surface area contributed by atoms with E-state index >= 15 is 0 Å². The molecule has 1 nitrogen and oxygen atoms in total. The van der Waals surface area contributed by atoms with Crippen molar-refractivity contribution in [2.45, 2.75) is 12.8 Å². The van der Waals surface area contributed by atoms with Crippen LogP contribution in [0.15, 0.2) is 30.3 Å². The van der Waals surface area contributed by atoms with Crippen LogP contribution in [0, 0.1) is 12.3 Å². The maximum absolute atomic E-state index is 5.14. The Hall–Kier alpha value is -1.26. The average Bonchev–Trinajstić information content (AvgIpc) is 2.19. The Morgan fingerprint density at radius 2 is 2.08 bits per heavy atom. The summed E-state index contributed by atoms with van der Waals surface area (Å²) in [5.74, 6) is 3.09. The Kier molecular flexibility index (Phi) is 4.08. The fourth-order valence-corrected chi connectivity index (χ4v) is 1.26. The molecule has 0 heterocycles. The fourth-order valence-electron chi connectivity index (χ4n) is 1.26. The van der Waals surface area contributed by atoms with Crippen LogP contribution >= 0.6 is 0 Å². The van der Waals surface area contributed by atoms with Gasteiger partial charge in [-0.2, -0.15) is 0 Å². The van der Waals surface area contributed by atoms with E-state index in [1.165, 1.54) is 5.56 Å². The molecule has 0 radical (unpaired) electrons. The first-order valence-corrected chi connectivity index (χ1v) is 4.53. The lowest BCUT2D eigenvalue weighted by Crippen LogP contribution is -2.20. The third kappa shape index (κ3) is 3.31. The summed E-state index contributed by atoms with van der Waals surface area (Å²) in [6.45, 7) is 3.78. The molecule has 1 aromatic rings. The highest BCUT2D eigenvalue weighted by Gasteiger charge is 2.02. The fraction of sp³-hybridized carbons (Fsp3) is 0.333. The van der Waals surface area contributed by atoms with Crippen LogP contribution in [0.4, 0.5) is 0 Å². The molecule has 0 spiro atoms. The first-order chi connectivity index (χ1) is 6.34. The average molecular weight is 173 g/mol. The zero-order valence-corrected chi connectivity index (χ0v) is 7.96. The highest BCUT2D eigenvalue weighted by Crippen LogP contribution is 2.12. The van der Waals surface area contributed by atoms with E-state index in [0.29, 0.717) is 12.5 Å². The normalized spacial score (nSPS) is 12.0. The molecular weight excluding hydrogens is 158 g/mol. The van der Waals surface area contributed by atoms with Crippen LogP contribution in [0.2, 0.25) is 0 Å². The van der Waals surface area contributed by atoms with Crippen molar-refractivity contribution in [3.05, 3.63) is 35.9 Å². The third-order valence-electron chi connectivity index (χ3n) is 2.05. The molecule has 0 saturated heterocycles. The summed E-state index contributed by atoms with van der Waals surface area (Å²) in [7, 11) is 0. The summed E-state index contributed by atoms with van der Waals surface area (Å²) in [4.78, 5) is 0. The van der Waals surface area contributed by atoms with Gasteiger partial charge in [-0.05, 0) is 11.5 Å². The Labute approximate surface area is 80.2 Å². The van der Waals surface area contributed by atoms with Gasteiger partial charge in [-0.1, -0.05) is 43.2 Å². The van der Waals surface area contributed by atoms with E-state index in [1.807, 2.05) is 6.07 Å². The lowest BCUT2D eigenvalue weighted by Gasteiger charge is -2.11. The smallest absolute Gasteiger partial charge is 0.0574 e. The number of hydrogen-bond acceptors (Lipinski definition) is 1. The van der Waals surface area contributed by atoms with Crippen LogP contribution in [-0.2, 0) is 0 Å². The van der Waals surface area contributed by atoms with Gasteiger partial charge < -0.3 is 5.32 Å². The molecule has 0 aliphatic rings. The molecule has 0 saturated carbocycles. The zero-order chi connectivity index (χ0) is 9.52. The molecule has 1 heteroatoms. The van der Waals surface area contributed by atoms with Gasteiger partial charge in [-0.3, -0.25) is 0 Å². The Morgan fingerprint density at radius 1 is 1.38 bits per heavy atom. The number of hydrogen-bond donors (Lipinski definition) is 1. The van der Waals surface area contributed by atoms with Crippen LogP contribution in [0.25, 0.3) is 0 Å².